The van der Waals surface area contributed by atoms with E-state index in [0.717, 1.165) is 11.1 Å². The minimum Gasteiger partial charge on any atom is -0.475 e. The average Bonchev–Trinajstić information content (AvgIpc) is 2.84. The molecule has 0 aliphatic heterocycles. The molecular weight excluding hydrogens is 517 g/mol. The zero-order valence-electron chi connectivity index (χ0n) is 19.5. The number of aliphatic carboxylic acids is 1. The summed E-state index contributed by atoms with van der Waals surface area (Å²) in [5, 5.41) is 13.0. The molecular formula is C23H24ClF3N6O4. The Morgan fingerprint density at radius 2 is 1.76 bits per heavy atom. The Labute approximate surface area is 214 Å². The molecule has 0 aliphatic rings. The van der Waals surface area contributed by atoms with Gasteiger partial charge in [0, 0.05) is 24.5 Å². The Morgan fingerprint density at radius 3 is 2.32 bits per heavy atom. The van der Waals surface area contributed by atoms with Crippen LogP contribution in [0.5, 0.6) is 0 Å². The number of aromatic nitrogens is 2. The molecule has 1 heterocycles. The third-order valence-corrected chi connectivity index (χ3v) is 5.15. The van der Waals surface area contributed by atoms with Crippen molar-refractivity contribution in [2.75, 3.05) is 16.4 Å². The molecule has 14 heteroatoms. The van der Waals surface area contributed by atoms with Crippen LogP contribution in [-0.2, 0) is 29.2 Å². The Balaban J connectivity index is 0.000000604. The van der Waals surface area contributed by atoms with Crippen molar-refractivity contribution >= 4 is 40.7 Å². The number of amides is 1. The van der Waals surface area contributed by atoms with Crippen molar-refractivity contribution in [3.63, 3.8) is 0 Å². The smallest absolute Gasteiger partial charge is 0.475 e. The third kappa shape index (κ3) is 8.81. The van der Waals surface area contributed by atoms with Crippen LogP contribution in [0.25, 0.3) is 0 Å². The summed E-state index contributed by atoms with van der Waals surface area (Å²) >= 11 is 6.20. The fraction of sp³-hybridized carbons (Fsp3) is 0.217. The molecule has 7 N–H and O–H groups in total. The molecule has 198 valence electrons. The van der Waals surface area contributed by atoms with Crippen molar-refractivity contribution in [1.82, 2.24) is 9.55 Å². The highest BCUT2D eigenvalue weighted by Crippen LogP contribution is 2.15. The second-order valence-corrected chi connectivity index (χ2v) is 7.94. The van der Waals surface area contributed by atoms with Gasteiger partial charge in [-0.3, -0.25) is 14.2 Å². The first-order chi connectivity index (χ1) is 17.3. The number of halogens is 4. The van der Waals surface area contributed by atoms with Crippen molar-refractivity contribution in [3.8, 4) is 0 Å². The van der Waals surface area contributed by atoms with Gasteiger partial charge >= 0.3 is 12.1 Å². The van der Waals surface area contributed by atoms with Crippen LogP contribution in [0.15, 0.2) is 53.3 Å². The number of alkyl halides is 3. The number of nitrogens with two attached hydrogens (primary N) is 2. The maximum absolute atomic E-state index is 12.9. The fourth-order valence-corrected chi connectivity index (χ4v) is 3.05. The quantitative estimate of drug-likeness (QED) is 0.285. The van der Waals surface area contributed by atoms with Crippen LogP contribution in [0.4, 0.5) is 30.4 Å². The van der Waals surface area contributed by atoms with E-state index in [1.165, 1.54) is 4.57 Å². The molecule has 3 rings (SSSR count). The highest BCUT2D eigenvalue weighted by molar-refractivity contribution is 6.30. The van der Waals surface area contributed by atoms with Crippen molar-refractivity contribution in [2.24, 2.45) is 5.73 Å². The van der Waals surface area contributed by atoms with Crippen LogP contribution in [0.1, 0.15) is 16.8 Å². The van der Waals surface area contributed by atoms with Crippen LogP contribution in [0, 0.1) is 6.92 Å². The predicted molar refractivity (Wildman–Crippen MR) is 133 cm³/mol. The minimum atomic E-state index is -5.08. The van der Waals surface area contributed by atoms with Crippen LogP contribution in [0.3, 0.4) is 0 Å². The molecule has 1 aromatic heterocycles. The first kappa shape index (κ1) is 29.1. The molecule has 3 aromatic rings. The highest BCUT2D eigenvalue weighted by atomic mass is 35.5. The maximum Gasteiger partial charge on any atom is 0.490 e. The Morgan fingerprint density at radius 1 is 1.14 bits per heavy atom. The number of nitrogens with one attached hydrogen (secondary N) is 2. The predicted octanol–water partition coefficient (Wildman–Crippen LogP) is 3.13. The molecule has 37 heavy (non-hydrogen) atoms. The first-order valence-electron chi connectivity index (χ1n) is 10.6. The molecule has 0 fully saturated rings. The molecule has 1 amide bonds. The van der Waals surface area contributed by atoms with E-state index in [1.807, 2.05) is 18.2 Å². The van der Waals surface area contributed by atoms with Crippen LogP contribution in [-0.4, -0.2) is 32.7 Å². The highest BCUT2D eigenvalue weighted by Gasteiger charge is 2.38. The number of nitrogen functional groups attached to an aromatic ring is 1. The van der Waals surface area contributed by atoms with Gasteiger partial charge in [0.1, 0.15) is 6.54 Å². The first-order valence-corrected chi connectivity index (χ1v) is 10.9. The molecule has 0 atom stereocenters. The zero-order valence-corrected chi connectivity index (χ0v) is 20.2. The van der Waals surface area contributed by atoms with Gasteiger partial charge in [0.2, 0.25) is 5.91 Å². The van der Waals surface area contributed by atoms with E-state index >= 15 is 0 Å². The summed E-state index contributed by atoms with van der Waals surface area (Å²) < 4.78 is 33.0. The molecule has 0 bridgehead atoms. The number of anilines is 3. The summed E-state index contributed by atoms with van der Waals surface area (Å²) in [6, 6.07) is 14.4. The molecule has 10 nitrogen and oxygen atoms in total. The molecule has 0 saturated carbocycles. The number of nitrogens with zero attached hydrogens (tertiary/aromatic N) is 2. The maximum atomic E-state index is 12.9. The summed E-state index contributed by atoms with van der Waals surface area (Å²) in [4.78, 5) is 38.4. The monoisotopic (exact) mass is 540 g/mol. The molecule has 0 aliphatic carbocycles. The Kier molecular flexibility index (Phi) is 10.0. The number of carboxylic acids is 1. The van der Waals surface area contributed by atoms with Crippen molar-refractivity contribution in [3.05, 3.63) is 80.9 Å². The van der Waals surface area contributed by atoms with Gasteiger partial charge in [0.25, 0.3) is 5.56 Å². The van der Waals surface area contributed by atoms with Crippen LogP contribution >= 0.6 is 11.6 Å². The van der Waals surface area contributed by atoms with E-state index in [2.05, 4.69) is 15.6 Å². The number of carboxylic acid groups (broad SMARTS) is 1. The Hall–Kier alpha value is -4.10. The lowest BCUT2D eigenvalue weighted by atomic mass is 10.2. The summed E-state index contributed by atoms with van der Waals surface area (Å²) in [6.45, 7) is 2.17. The number of hydrogen-bond donors (Lipinski definition) is 5. The van der Waals surface area contributed by atoms with Crippen molar-refractivity contribution < 1.29 is 27.9 Å². The summed E-state index contributed by atoms with van der Waals surface area (Å²) in [6.07, 6.45) is -5.08. The van der Waals surface area contributed by atoms with Gasteiger partial charge in [-0.25, -0.2) is 9.78 Å². The summed E-state index contributed by atoms with van der Waals surface area (Å²) in [5.74, 6) is -3.05. The number of carbonyl (C=O) groups is 2. The van der Waals surface area contributed by atoms with Crippen molar-refractivity contribution in [2.45, 2.75) is 32.7 Å². The number of benzene rings is 2. The van der Waals surface area contributed by atoms with Crippen LogP contribution in [0.2, 0.25) is 5.15 Å². The fourth-order valence-electron chi connectivity index (χ4n) is 2.87. The van der Waals surface area contributed by atoms with Gasteiger partial charge in [0.15, 0.2) is 11.0 Å². The van der Waals surface area contributed by atoms with Gasteiger partial charge in [-0.15, -0.1) is 0 Å². The van der Waals surface area contributed by atoms with Gasteiger partial charge in [-0.1, -0.05) is 35.9 Å². The number of hydrogen-bond acceptors (Lipinski definition) is 7. The second kappa shape index (κ2) is 12.7. The van der Waals surface area contributed by atoms with E-state index in [-0.39, 0.29) is 23.4 Å². The lowest BCUT2D eigenvalue weighted by Crippen LogP contribution is -2.32. The normalized spacial score (nSPS) is 10.8. The zero-order chi connectivity index (χ0) is 27.8. The van der Waals surface area contributed by atoms with E-state index < -0.39 is 17.7 Å². The minimum absolute atomic E-state index is 0.0698. The van der Waals surface area contributed by atoms with Gasteiger partial charge < -0.3 is 27.2 Å². The largest absolute Gasteiger partial charge is 0.490 e. The number of rotatable bonds is 7. The van der Waals surface area contributed by atoms with Crippen molar-refractivity contribution in [1.29, 1.82) is 0 Å². The summed E-state index contributed by atoms with van der Waals surface area (Å²) in [5.41, 5.74) is 14.4. The third-order valence-electron chi connectivity index (χ3n) is 4.79. The molecule has 0 saturated heterocycles. The SMILES string of the molecule is Cc1c(Cl)nc(NCc2ccc(N)cc2)c(=O)n1CC(=O)Nc1cccc(CN)c1.O=C(O)C(F)(F)F. The van der Waals surface area contributed by atoms with Crippen LogP contribution < -0.4 is 27.7 Å². The van der Waals surface area contributed by atoms with E-state index in [9.17, 15) is 22.8 Å². The topological polar surface area (TPSA) is 165 Å². The molecule has 2 aromatic carbocycles. The summed E-state index contributed by atoms with van der Waals surface area (Å²) in [7, 11) is 0. The van der Waals surface area contributed by atoms with Gasteiger partial charge in [0.05, 0.1) is 5.69 Å². The Bertz CT molecular complexity index is 1310. The lowest BCUT2D eigenvalue weighted by Gasteiger charge is -2.14. The average molecular weight is 541 g/mol. The van der Waals surface area contributed by atoms with E-state index in [0.29, 0.717) is 30.2 Å². The molecule has 0 unspecified atom stereocenters. The van der Waals surface area contributed by atoms with E-state index in [1.54, 1.807) is 37.3 Å². The lowest BCUT2D eigenvalue weighted by molar-refractivity contribution is -0.192. The number of carbonyl (C=O) groups excluding carboxylic acids is 1. The van der Waals surface area contributed by atoms with Gasteiger partial charge in [-0.2, -0.15) is 13.2 Å². The standard InChI is InChI=1S/C21H23ClN6O2.C2HF3O2/c1-13-19(22)27-20(25-11-14-5-7-16(24)8-6-14)21(30)28(13)12-18(29)26-17-4-2-3-15(9-17)10-23;3-2(4,5)1(6)7/h2-9H,10-12,23-24H2,1H3,(H,25,27)(H,26,29);(H,6,7). The van der Waals surface area contributed by atoms with E-state index in [4.69, 9.17) is 33.0 Å². The van der Waals surface area contributed by atoms with Gasteiger partial charge in [-0.05, 0) is 42.3 Å². The second-order valence-electron chi connectivity index (χ2n) is 7.58. The molecule has 0 radical (unpaired) electrons. The molecule has 0 spiro atoms.